The van der Waals surface area contributed by atoms with Crippen molar-refractivity contribution in [1.82, 2.24) is 9.36 Å². The highest BCUT2D eigenvalue weighted by Gasteiger charge is 2.29. The number of aromatic nitrogens is 2. The molecular formula is C10H17N3OS. The lowest BCUT2D eigenvalue weighted by atomic mass is 9.96. The van der Waals surface area contributed by atoms with Gasteiger partial charge < -0.3 is 10.0 Å². The van der Waals surface area contributed by atoms with Gasteiger partial charge in [-0.2, -0.15) is 4.37 Å². The van der Waals surface area contributed by atoms with Crippen LogP contribution in [-0.2, 0) is 6.42 Å². The molecule has 84 valence electrons. The van der Waals surface area contributed by atoms with Crippen molar-refractivity contribution in [2.45, 2.75) is 38.7 Å². The normalized spacial score (nSPS) is 27.0. The monoisotopic (exact) mass is 227 g/mol. The van der Waals surface area contributed by atoms with Crippen molar-refractivity contribution in [2.75, 3.05) is 18.0 Å². The van der Waals surface area contributed by atoms with Gasteiger partial charge in [0.2, 0.25) is 5.13 Å². The molecule has 0 spiro atoms. The number of rotatable bonds is 2. The SMILES string of the molecule is CCc1nsc(N2CCCC(C)(O)C2)n1. The van der Waals surface area contributed by atoms with Gasteiger partial charge in [0.25, 0.3) is 0 Å². The second-order valence-corrected chi connectivity index (χ2v) is 5.10. The number of aryl methyl sites for hydroxylation is 1. The van der Waals surface area contributed by atoms with E-state index in [1.165, 1.54) is 11.5 Å². The fourth-order valence-corrected chi connectivity index (χ4v) is 2.67. The van der Waals surface area contributed by atoms with Crippen LogP contribution in [0.2, 0.25) is 0 Å². The van der Waals surface area contributed by atoms with E-state index in [1.807, 2.05) is 6.92 Å². The van der Waals surface area contributed by atoms with Crippen molar-refractivity contribution in [3.05, 3.63) is 5.82 Å². The Bertz CT molecular complexity index is 337. The third-order valence-electron chi connectivity index (χ3n) is 2.72. The van der Waals surface area contributed by atoms with Gasteiger partial charge in [-0.3, -0.25) is 0 Å². The largest absolute Gasteiger partial charge is 0.388 e. The summed E-state index contributed by atoms with van der Waals surface area (Å²) in [5.41, 5.74) is -0.573. The van der Waals surface area contributed by atoms with Crippen LogP contribution in [0.5, 0.6) is 0 Å². The molecule has 5 heteroatoms. The van der Waals surface area contributed by atoms with Crippen LogP contribution in [0.3, 0.4) is 0 Å². The van der Waals surface area contributed by atoms with E-state index >= 15 is 0 Å². The quantitative estimate of drug-likeness (QED) is 0.831. The van der Waals surface area contributed by atoms with Gasteiger partial charge in [-0.05, 0) is 19.8 Å². The molecule has 0 aromatic carbocycles. The van der Waals surface area contributed by atoms with Gasteiger partial charge >= 0.3 is 0 Å². The van der Waals surface area contributed by atoms with Gasteiger partial charge in [0.15, 0.2) is 0 Å². The maximum absolute atomic E-state index is 9.98. The van der Waals surface area contributed by atoms with E-state index in [4.69, 9.17) is 0 Å². The zero-order valence-corrected chi connectivity index (χ0v) is 10.0. The molecule has 1 aromatic rings. The van der Waals surface area contributed by atoms with E-state index in [1.54, 1.807) is 0 Å². The first-order chi connectivity index (χ1) is 7.11. The predicted molar refractivity (Wildman–Crippen MR) is 61.4 cm³/mol. The molecule has 1 saturated heterocycles. The van der Waals surface area contributed by atoms with E-state index in [-0.39, 0.29) is 0 Å². The summed E-state index contributed by atoms with van der Waals surface area (Å²) < 4.78 is 4.26. The van der Waals surface area contributed by atoms with Crippen molar-refractivity contribution < 1.29 is 5.11 Å². The third kappa shape index (κ3) is 2.46. The minimum Gasteiger partial charge on any atom is -0.388 e. The van der Waals surface area contributed by atoms with Crippen molar-refractivity contribution in [1.29, 1.82) is 0 Å². The Labute approximate surface area is 94.1 Å². The summed E-state index contributed by atoms with van der Waals surface area (Å²) in [5.74, 6) is 0.903. The molecule has 1 N–H and O–H groups in total. The maximum atomic E-state index is 9.98. The van der Waals surface area contributed by atoms with Gasteiger partial charge in [-0.25, -0.2) is 4.98 Å². The molecule has 1 atom stereocenters. The van der Waals surface area contributed by atoms with E-state index in [0.29, 0.717) is 6.54 Å². The van der Waals surface area contributed by atoms with Crippen molar-refractivity contribution in [3.8, 4) is 0 Å². The molecule has 2 rings (SSSR count). The van der Waals surface area contributed by atoms with Crippen LogP contribution >= 0.6 is 11.5 Å². The predicted octanol–water partition coefficient (Wildman–Crippen LogP) is 1.45. The highest BCUT2D eigenvalue weighted by Crippen LogP contribution is 2.26. The van der Waals surface area contributed by atoms with Gasteiger partial charge in [0, 0.05) is 31.0 Å². The average molecular weight is 227 g/mol. The lowest BCUT2D eigenvalue weighted by Crippen LogP contribution is -2.46. The first-order valence-electron chi connectivity index (χ1n) is 5.40. The lowest BCUT2D eigenvalue weighted by Gasteiger charge is -2.36. The van der Waals surface area contributed by atoms with Crippen LogP contribution in [0.15, 0.2) is 0 Å². The van der Waals surface area contributed by atoms with Crippen molar-refractivity contribution in [3.63, 3.8) is 0 Å². The Balaban J connectivity index is 2.10. The van der Waals surface area contributed by atoms with Gasteiger partial charge in [0.1, 0.15) is 5.82 Å². The maximum Gasteiger partial charge on any atom is 0.205 e. The van der Waals surface area contributed by atoms with Crippen LogP contribution in [0.1, 0.15) is 32.5 Å². The Kier molecular flexibility index (Phi) is 2.93. The summed E-state index contributed by atoms with van der Waals surface area (Å²) in [5, 5.41) is 10.9. The number of hydrogen-bond acceptors (Lipinski definition) is 5. The van der Waals surface area contributed by atoms with Crippen LogP contribution < -0.4 is 4.90 Å². The highest BCUT2D eigenvalue weighted by molar-refractivity contribution is 7.09. The van der Waals surface area contributed by atoms with E-state index in [2.05, 4.69) is 21.2 Å². The minimum absolute atomic E-state index is 0.573. The van der Waals surface area contributed by atoms with Crippen molar-refractivity contribution in [2.24, 2.45) is 0 Å². The van der Waals surface area contributed by atoms with E-state index < -0.39 is 5.60 Å². The van der Waals surface area contributed by atoms with Crippen molar-refractivity contribution >= 4 is 16.7 Å². The molecule has 0 bridgehead atoms. The standard InChI is InChI=1S/C10H17N3OS/c1-3-8-11-9(15-12-8)13-6-4-5-10(2,14)7-13/h14H,3-7H2,1-2H3. The molecular weight excluding hydrogens is 210 g/mol. The van der Waals surface area contributed by atoms with Crippen LogP contribution in [0.25, 0.3) is 0 Å². The molecule has 1 aliphatic rings. The molecule has 1 unspecified atom stereocenters. The van der Waals surface area contributed by atoms with E-state index in [9.17, 15) is 5.11 Å². The summed E-state index contributed by atoms with van der Waals surface area (Å²) in [6.07, 6.45) is 2.78. The van der Waals surface area contributed by atoms with Crippen LogP contribution in [0.4, 0.5) is 5.13 Å². The van der Waals surface area contributed by atoms with Crippen LogP contribution in [-0.4, -0.2) is 33.2 Å². The van der Waals surface area contributed by atoms with E-state index in [0.717, 1.165) is 36.8 Å². The summed E-state index contributed by atoms with van der Waals surface area (Å²) in [4.78, 5) is 6.58. The molecule has 4 nitrogen and oxygen atoms in total. The lowest BCUT2D eigenvalue weighted by molar-refractivity contribution is 0.0449. The van der Waals surface area contributed by atoms with Gasteiger partial charge in [-0.15, -0.1) is 0 Å². The first kappa shape index (κ1) is 10.8. The topological polar surface area (TPSA) is 49.2 Å². The first-order valence-corrected chi connectivity index (χ1v) is 6.18. The fraction of sp³-hybridized carbons (Fsp3) is 0.800. The Morgan fingerprint density at radius 1 is 1.60 bits per heavy atom. The molecule has 0 aliphatic carbocycles. The molecule has 15 heavy (non-hydrogen) atoms. The smallest absolute Gasteiger partial charge is 0.205 e. The second-order valence-electron chi connectivity index (χ2n) is 4.37. The minimum atomic E-state index is -0.573. The molecule has 2 heterocycles. The molecule has 1 fully saturated rings. The summed E-state index contributed by atoms with van der Waals surface area (Å²) in [6.45, 7) is 5.60. The Morgan fingerprint density at radius 2 is 2.40 bits per heavy atom. The summed E-state index contributed by atoms with van der Waals surface area (Å²) >= 11 is 1.44. The molecule has 0 saturated carbocycles. The average Bonchev–Trinajstić information content (AvgIpc) is 2.64. The number of anilines is 1. The van der Waals surface area contributed by atoms with Crippen LogP contribution in [0, 0.1) is 0 Å². The Morgan fingerprint density at radius 3 is 3.00 bits per heavy atom. The number of β-amino-alcohol motifs (C(OH)–C–C–N with tert-alkyl or cyclic N) is 1. The van der Waals surface area contributed by atoms with Gasteiger partial charge in [0.05, 0.1) is 5.60 Å². The molecule has 1 aromatic heterocycles. The summed E-state index contributed by atoms with van der Waals surface area (Å²) in [7, 11) is 0. The summed E-state index contributed by atoms with van der Waals surface area (Å²) in [6, 6.07) is 0. The number of hydrogen-bond donors (Lipinski definition) is 1. The second kappa shape index (κ2) is 4.06. The zero-order valence-electron chi connectivity index (χ0n) is 9.23. The number of aliphatic hydroxyl groups is 1. The van der Waals surface area contributed by atoms with Gasteiger partial charge in [-0.1, -0.05) is 6.92 Å². The number of piperidine rings is 1. The zero-order chi connectivity index (χ0) is 10.9. The highest BCUT2D eigenvalue weighted by atomic mass is 32.1. The molecule has 0 radical (unpaired) electrons. The molecule has 1 aliphatic heterocycles. The Hall–Kier alpha value is -0.680. The molecule has 0 amide bonds. The fourth-order valence-electron chi connectivity index (χ4n) is 1.90. The third-order valence-corrected chi connectivity index (χ3v) is 3.53. The number of nitrogens with zero attached hydrogens (tertiary/aromatic N) is 3.